The zero-order valence-corrected chi connectivity index (χ0v) is 14.8. The smallest absolute Gasteiger partial charge is 0.230 e. The van der Waals surface area contributed by atoms with Crippen molar-refractivity contribution < 1.29 is 13.6 Å². The van der Waals surface area contributed by atoms with Gasteiger partial charge in [-0.25, -0.2) is 8.78 Å². The van der Waals surface area contributed by atoms with Gasteiger partial charge in [0.25, 0.3) is 0 Å². The molecule has 1 aliphatic rings. The summed E-state index contributed by atoms with van der Waals surface area (Å²) in [5.74, 6) is -2.22. The van der Waals surface area contributed by atoms with Crippen molar-refractivity contribution in [1.29, 1.82) is 5.26 Å². The zero-order valence-electron chi connectivity index (χ0n) is 14.8. The number of carbonyl (C=O) groups excluding carboxylic acids is 1. The zero-order chi connectivity index (χ0) is 18.8. The van der Waals surface area contributed by atoms with E-state index in [9.17, 15) is 13.6 Å². The summed E-state index contributed by atoms with van der Waals surface area (Å²) < 4.78 is 26.6. The fourth-order valence-corrected chi connectivity index (χ4v) is 3.20. The predicted octanol–water partition coefficient (Wildman–Crippen LogP) is 4.63. The normalized spacial score (nSPS) is 18.3. The molecule has 0 bridgehead atoms. The van der Waals surface area contributed by atoms with E-state index >= 15 is 0 Å². The Kier molecular flexibility index (Phi) is 5.03. The number of amides is 1. The summed E-state index contributed by atoms with van der Waals surface area (Å²) in [5.41, 5.74) is 3.62. The lowest BCUT2D eigenvalue weighted by molar-refractivity contribution is -0.119. The van der Waals surface area contributed by atoms with Crippen LogP contribution in [-0.2, 0) is 4.79 Å². The van der Waals surface area contributed by atoms with Gasteiger partial charge in [-0.1, -0.05) is 12.1 Å². The Morgan fingerprint density at radius 3 is 2.58 bits per heavy atom. The van der Waals surface area contributed by atoms with Gasteiger partial charge >= 0.3 is 0 Å². The predicted molar refractivity (Wildman–Crippen MR) is 95.7 cm³/mol. The number of rotatable bonds is 5. The first-order chi connectivity index (χ1) is 12.4. The van der Waals surface area contributed by atoms with Crippen molar-refractivity contribution in [3.8, 4) is 6.07 Å². The Labute approximate surface area is 151 Å². The minimum atomic E-state index is -0.893. The third-order valence-electron chi connectivity index (χ3n) is 4.99. The number of nitriles is 1. The van der Waals surface area contributed by atoms with Crippen LogP contribution in [0, 0.1) is 42.7 Å². The lowest BCUT2D eigenvalue weighted by Crippen LogP contribution is -2.33. The topological polar surface area (TPSA) is 44.1 Å². The first kappa shape index (κ1) is 18.1. The number of benzene rings is 2. The molecule has 3 rings (SSSR count). The molecule has 2 aromatic carbocycles. The lowest BCUT2D eigenvalue weighted by atomic mass is 10.1. The van der Waals surface area contributed by atoms with E-state index in [0.29, 0.717) is 18.5 Å². The van der Waals surface area contributed by atoms with Gasteiger partial charge in [0.05, 0.1) is 12.5 Å². The van der Waals surface area contributed by atoms with Gasteiger partial charge in [0.1, 0.15) is 0 Å². The average molecular weight is 354 g/mol. The number of nitrogens with zero attached hydrogens (tertiary/aromatic N) is 2. The van der Waals surface area contributed by atoms with Crippen molar-refractivity contribution >= 4 is 11.6 Å². The highest BCUT2D eigenvalue weighted by atomic mass is 19.2. The van der Waals surface area contributed by atoms with Crippen LogP contribution in [0.1, 0.15) is 35.4 Å². The summed E-state index contributed by atoms with van der Waals surface area (Å²) in [4.78, 5) is 14.6. The third-order valence-corrected chi connectivity index (χ3v) is 4.99. The number of hydrogen-bond donors (Lipinski definition) is 0. The quantitative estimate of drug-likeness (QED) is 0.786. The van der Waals surface area contributed by atoms with Gasteiger partial charge in [0, 0.05) is 18.2 Å². The molecule has 5 heteroatoms. The van der Waals surface area contributed by atoms with Crippen molar-refractivity contribution in [2.45, 2.75) is 32.6 Å². The molecule has 1 fully saturated rings. The minimum absolute atomic E-state index is 0.0711. The number of halogens is 2. The van der Waals surface area contributed by atoms with Crippen LogP contribution in [0.15, 0.2) is 36.4 Å². The van der Waals surface area contributed by atoms with Crippen molar-refractivity contribution in [3.05, 3.63) is 64.7 Å². The van der Waals surface area contributed by atoms with Crippen LogP contribution in [0.2, 0.25) is 0 Å². The van der Waals surface area contributed by atoms with Crippen LogP contribution in [0.5, 0.6) is 0 Å². The van der Waals surface area contributed by atoms with E-state index in [1.165, 1.54) is 12.1 Å². The molecule has 1 saturated carbocycles. The Morgan fingerprint density at radius 1 is 1.15 bits per heavy atom. The number of carbonyl (C=O) groups is 1. The lowest BCUT2D eigenvalue weighted by Gasteiger charge is -2.23. The monoisotopic (exact) mass is 354 g/mol. The Bertz CT molecular complexity index is 888. The summed E-state index contributed by atoms with van der Waals surface area (Å²) in [6.45, 7) is 4.30. The molecule has 0 N–H and O–H groups in total. The Balaban J connectivity index is 1.81. The maximum absolute atomic E-state index is 13.5. The van der Waals surface area contributed by atoms with Crippen LogP contribution in [0.3, 0.4) is 0 Å². The number of anilines is 1. The molecular formula is C21H20F2N2O. The molecule has 134 valence electrons. The molecule has 1 amide bonds. The molecule has 2 unspecified atom stereocenters. The Hall–Kier alpha value is -2.74. The largest absolute Gasteiger partial charge is 0.311 e. The average Bonchev–Trinajstić information content (AvgIpc) is 3.41. The second-order valence-electron chi connectivity index (χ2n) is 6.79. The fourth-order valence-electron chi connectivity index (χ4n) is 3.20. The molecule has 3 nitrogen and oxygen atoms in total. The van der Waals surface area contributed by atoms with E-state index in [1.54, 1.807) is 4.90 Å². The highest BCUT2D eigenvalue weighted by Gasteiger charge is 2.46. The van der Waals surface area contributed by atoms with Gasteiger partial charge in [-0.2, -0.15) is 5.26 Å². The standard InChI is InChI=1S/C21H20F2N2O/c1-13-4-6-16(10-14(13)2)25(9-3-8-24)21(26)18-12-17(18)15-5-7-19(22)20(23)11-15/h4-7,10-11,17-18H,3,9,12H2,1-2H3. The van der Waals surface area contributed by atoms with Gasteiger partial charge in [0.15, 0.2) is 11.6 Å². The third kappa shape index (κ3) is 3.60. The molecule has 26 heavy (non-hydrogen) atoms. The molecule has 2 aromatic rings. The minimum Gasteiger partial charge on any atom is -0.311 e. The van der Waals surface area contributed by atoms with Gasteiger partial charge in [-0.05, 0) is 67.1 Å². The second-order valence-corrected chi connectivity index (χ2v) is 6.79. The maximum Gasteiger partial charge on any atom is 0.230 e. The van der Waals surface area contributed by atoms with Crippen molar-refractivity contribution in [3.63, 3.8) is 0 Å². The fraction of sp³-hybridized carbons (Fsp3) is 0.333. The molecule has 0 heterocycles. The van der Waals surface area contributed by atoms with E-state index in [1.807, 2.05) is 32.0 Å². The van der Waals surface area contributed by atoms with Gasteiger partial charge in [0.2, 0.25) is 5.91 Å². The second kappa shape index (κ2) is 7.25. The van der Waals surface area contributed by atoms with Crippen molar-refractivity contribution in [2.75, 3.05) is 11.4 Å². The summed E-state index contributed by atoms with van der Waals surface area (Å²) in [7, 11) is 0. The maximum atomic E-state index is 13.5. The van der Waals surface area contributed by atoms with E-state index in [-0.39, 0.29) is 24.2 Å². The van der Waals surface area contributed by atoms with Crippen LogP contribution in [0.4, 0.5) is 14.5 Å². The summed E-state index contributed by atoms with van der Waals surface area (Å²) >= 11 is 0. The van der Waals surface area contributed by atoms with Gasteiger partial charge in [-0.3, -0.25) is 4.79 Å². The van der Waals surface area contributed by atoms with Gasteiger partial charge in [-0.15, -0.1) is 0 Å². The van der Waals surface area contributed by atoms with Gasteiger partial charge < -0.3 is 4.90 Å². The van der Waals surface area contributed by atoms with Crippen LogP contribution in [0.25, 0.3) is 0 Å². The van der Waals surface area contributed by atoms with Crippen LogP contribution in [-0.4, -0.2) is 12.5 Å². The molecular weight excluding hydrogens is 334 g/mol. The summed E-state index contributed by atoms with van der Waals surface area (Å²) in [6.07, 6.45) is 0.846. The van der Waals surface area contributed by atoms with E-state index in [4.69, 9.17) is 5.26 Å². The van der Waals surface area contributed by atoms with E-state index in [2.05, 4.69) is 6.07 Å². The molecule has 0 radical (unpaired) electrons. The SMILES string of the molecule is Cc1ccc(N(CCC#N)C(=O)C2CC2c2ccc(F)c(F)c2)cc1C. The first-order valence-corrected chi connectivity index (χ1v) is 8.63. The molecule has 1 aliphatic carbocycles. The van der Waals surface area contributed by atoms with Crippen LogP contribution >= 0.6 is 0 Å². The molecule has 0 spiro atoms. The molecule has 0 aromatic heterocycles. The van der Waals surface area contributed by atoms with E-state index < -0.39 is 11.6 Å². The molecule has 2 atom stereocenters. The molecule has 0 aliphatic heterocycles. The van der Waals surface area contributed by atoms with E-state index in [0.717, 1.165) is 22.9 Å². The molecule has 0 saturated heterocycles. The van der Waals surface area contributed by atoms with Crippen molar-refractivity contribution in [1.82, 2.24) is 0 Å². The first-order valence-electron chi connectivity index (χ1n) is 8.63. The number of hydrogen-bond acceptors (Lipinski definition) is 2. The highest BCUT2D eigenvalue weighted by molar-refractivity contribution is 5.97. The summed E-state index contributed by atoms with van der Waals surface area (Å²) in [6, 6.07) is 11.7. The highest BCUT2D eigenvalue weighted by Crippen LogP contribution is 2.49. The van der Waals surface area contributed by atoms with Crippen LogP contribution < -0.4 is 4.90 Å². The summed E-state index contributed by atoms with van der Waals surface area (Å²) in [5, 5.41) is 8.92. The van der Waals surface area contributed by atoms with Crippen molar-refractivity contribution in [2.24, 2.45) is 5.92 Å². The number of aryl methyl sites for hydroxylation is 2. The Morgan fingerprint density at radius 2 is 1.92 bits per heavy atom.